The molecule has 0 fully saturated rings. The van der Waals surface area contributed by atoms with Gasteiger partial charge < -0.3 is 15.8 Å². The highest BCUT2D eigenvalue weighted by Gasteiger charge is 2.39. The SMILES string of the molecule is Cc1cc(N)nc(C)c1CNC(=O)c1ccc2c(c1)C1C=C(c3ccccc3)C2O1. The Hall–Kier alpha value is -3.44. The minimum absolute atomic E-state index is 0.0596. The molecule has 0 saturated carbocycles. The van der Waals surface area contributed by atoms with Crippen molar-refractivity contribution >= 4 is 17.3 Å². The fourth-order valence-electron chi connectivity index (χ4n) is 4.42. The number of carbonyl (C=O) groups is 1. The molecule has 5 nitrogen and oxygen atoms in total. The molecule has 2 bridgehead atoms. The van der Waals surface area contributed by atoms with E-state index in [0.29, 0.717) is 17.9 Å². The Morgan fingerprint density at radius 2 is 1.90 bits per heavy atom. The van der Waals surface area contributed by atoms with Crippen molar-refractivity contribution in [3.63, 3.8) is 0 Å². The second-order valence-corrected chi connectivity index (χ2v) is 7.88. The van der Waals surface area contributed by atoms with Gasteiger partial charge in [-0.05, 0) is 71.5 Å². The van der Waals surface area contributed by atoms with Crippen molar-refractivity contribution in [3.8, 4) is 0 Å². The molecular weight excluding hydrogens is 374 g/mol. The molecule has 1 amide bonds. The van der Waals surface area contributed by atoms with E-state index in [9.17, 15) is 4.79 Å². The minimum atomic E-state index is -0.108. The molecule has 2 aromatic carbocycles. The Bertz CT molecular complexity index is 1160. The molecule has 3 N–H and O–H groups in total. The van der Waals surface area contributed by atoms with Crippen LogP contribution in [0.3, 0.4) is 0 Å². The maximum atomic E-state index is 12.8. The Labute approximate surface area is 175 Å². The van der Waals surface area contributed by atoms with Gasteiger partial charge in [-0.2, -0.15) is 0 Å². The van der Waals surface area contributed by atoms with Gasteiger partial charge in [-0.3, -0.25) is 4.79 Å². The van der Waals surface area contributed by atoms with Crippen molar-refractivity contribution in [3.05, 3.63) is 99.7 Å². The molecule has 0 saturated heterocycles. The lowest BCUT2D eigenvalue weighted by molar-refractivity contribution is 0.0914. The van der Waals surface area contributed by atoms with Gasteiger partial charge in [0.2, 0.25) is 0 Å². The summed E-state index contributed by atoms with van der Waals surface area (Å²) in [5.74, 6) is 0.389. The predicted molar refractivity (Wildman–Crippen MR) is 117 cm³/mol. The number of nitrogen functional groups attached to an aromatic ring is 1. The van der Waals surface area contributed by atoms with Gasteiger partial charge in [-0.25, -0.2) is 4.98 Å². The first-order valence-electron chi connectivity index (χ1n) is 10.1. The van der Waals surface area contributed by atoms with E-state index in [4.69, 9.17) is 10.5 Å². The molecule has 5 heteroatoms. The maximum Gasteiger partial charge on any atom is 0.251 e. The van der Waals surface area contributed by atoms with Gasteiger partial charge in [0.15, 0.2) is 0 Å². The van der Waals surface area contributed by atoms with Crippen LogP contribution in [0, 0.1) is 13.8 Å². The van der Waals surface area contributed by atoms with E-state index in [1.165, 1.54) is 11.1 Å². The summed E-state index contributed by atoms with van der Waals surface area (Å²) >= 11 is 0. The van der Waals surface area contributed by atoms with Gasteiger partial charge in [0.05, 0.1) is 0 Å². The molecule has 1 aromatic heterocycles. The van der Waals surface area contributed by atoms with Gasteiger partial charge in [0.25, 0.3) is 5.91 Å². The monoisotopic (exact) mass is 397 g/mol. The van der Waals surface area contributed by atoms with Crippen LogP contribution in [0.15, 0.2) is 60.7 Å². The van der Waals surface area contributed by atoms with Gasteiger partial charge >= 0.3 is 0 Å². The smallest absolute Gasteiger partial charge is 0.251 e. The Morgan fingerprint density at radius 3 is 2.67 bits per heavy atom. The number of anilines is 1. The van der Waals surface area contributed by atoms with Crippen LogP contribution in [0.2, 0.25) is 0 Å². The van der Waals surface area contributed by atoms with Crippen LogP contribution in [0.5, 0.6) is 0 Å². The Balaban J connectivity index is 1.34. The zero-order chi connectivity index (χ0) is 20.8. The van der Waals surface area contributed by atoms with Crippen LogP contribution in [-0.4, -0.2) is 10.9 Å². The predicted octanol–water partition coefficient (Wildman–Crippen LogP) is 4.42. The molecule has 0 spiro atoms. The average Bonchev–Trinajstić information content (AvgIpc) is 3.33. The molecular formula is C25H23N3O2. The van der Waals surface area contributed by atoms with Crippen molar-refractivity contribution in [1.82, 2.24) is 10.3 Å². The summed E-state index contributed by atoms with van der Waals surface area (Å²) in [5.41, 5.74) is 13.9. The fraction of sp³-hybridized carbons (Fsp3) is 0.200. The number of nitrogens with zero attached hydrogens (tertiary/aromatic N) is 1. The summed E-state index contributed by atoms with van der Waals surface area (Å²) in [4.78, 5) is 17.1. The number of pyridine rings is 1. The van der Waals surface area contributed by atoms with Crippen LogP contribution in [-0.2, 0) is 11.3 Å². The first kappa shape index (κ1) is 18.6. The molecule has 3 heterocycles. The highest BCUT2D eigenvalue weighted by molar-refractivity contribution is 5.95. The highest BCUT2D eigenvalue weighted by Crippen LogP contribution is 2.53. The molecule has 2 atom stereocenters. The zero-order valence-electron chi connectivity index (χ0n) is 17.0. The van der Waals surface area contributed by atoms with Crippen molar-refractivity contribution in [2.75, 3.05) is 5.73 Å². The Kier molecular flexibility index (Phi) is 4.40. The molecule has 30 heavy (non-hydrogen) atoms. The second kappa shape index (κ2) is 7.11. The summed E-state index contributed by atoms with van der Waals surface area (Å²) in [6.45, 7) is 4.30. The van der Waals surface area contributed by atoms with E-state index in [1.807, 2.05) is 56.3 Å². The topological polar surface area (TPSA) is 77.2 Å². The fourth-order valence-corrected chi connectivity index (χ4v) is 4.42. The van der Waals surface area contributed by atoms with Crippen LogP contribution in [0.4, 0.5) is 5.82 Å². The molecule has 0 aliphatic carbocycles. The molecule has 0 radical (unpaired) electrons. The van der Waals surface area contributed by atoms with E-state index < -0.39 is 0 Å². The number of benzene rings is 2. The third kappa shape index (κ3) is 3.08. The van der Waals surface area contributed by atoms with E-state index in [2.05, 4.69) is 28.5 Å². The Morgan fingerprint density at radius 1 is 1.10 bits per heavy atom. The number of fused-ring (bicyclic) bond motifs is 5. The van der Waals surface area contributed by atoms with E-state index in [1.54, 1.807) is 0 Å². The van der Waals surface area contributed by atoms with Crippen LogP contribution in [0.1, 0.15) is 56.1 Å². The van der Waals surface area contributed by atoms with Gasteiger partial charge in [0.1, 0.15) is 18.0 Å². The van der Waals surface area contributed by atoms with Gasteiger partial charge in [-0.1, -0.05) is 36.4 Å². The lowest BCUT2D eigenvalue weighted by atomic mass is 9.87. The van der Waals surface area contributed by atoms with Crippen molar-refractivity contribution in [1.29, 1.82) is 0 Å². The normalized spacial score (nSPS) is 18.8. The van der Waals surface area contributed by atoms with Gasteiger partial charge in [0, 0.05) is 17.8 Å². The third-order valence-corrected chi connectivity index (χ3v) is 5.94. The standard InChI is InChI=1S/C25H23N3O2/c1-14-10-23(26)28-15(2)21(14)13-27-25(29)17-8-9-18-20(11-17)22-12-19(24(18)30-22)16-6-4-3-5-7-16/h3-12,22,24H,13H2,1-2H3,(H2,26,28)(H,27,29). The summed E-state index contributed by atoms with van der Waals surface area (Å²) in [6.07, 6.45) is 2.01. The number of hydrogen-bond acceptors (Lipinski definition) is 4. The van der Waals surface area contributed by atoms with E-state index >= 15 is 0 Å². The van der Waals surface area contributed by atoms with Gasteiger partial charge in [-0.15, -0.1) is 0 Å². The number of aryl methyl sites for hydroxylation is 2. The zero-order valence-corrected chi connectivity index (χ0v) is 17.0. The van der Waals surface area contributed by atoms with Crippen molar-refractivity contribution < 1.29 is 9.53 Å². The highest BCUT2D eigenvalue weighted by atomic mass is 16.5. The first-order chi connectivity index (χ1) is 14.5. The molecule has 2 unspecified atom stereocenters. The number of amides is 1. The van der Waals surface area contributed by atoms with Crippen molar-refractivity contribution in [2.24, 2.45) is 0 Å². The summed E-state index contributed by atoms with van der Waals surface area (Å²) in [7, 11) is 0. The van der Waals surface area contributed by atoms with Crippen molar-refractivity contribution in [2.45, 2.75) is 32.6 Å². The van der Waals surface area contributed by atoms with E-state index in [0.717, 1.165) is 27.9 Å². The third-order valence-electron chi connectivity index (χ3n) is 5.94. The largest absolute Gasteiger partial charge is 0.384 e. The minimum Gasteiger partial charge on any atom is -0.384 e. The summed E-state index contributed by atoms with van der Waals surface area (Å²) in [5, 5.41) is 3.01. The molecule has 2 aliphatic heterocycles. The number of rotatable bonds is 4. The summed E-state index contributed by atoms with van der Waals surface area (Å²) < 4.78 is 6.17. The number of nitrogens with one attached hydrogen (secondary N) is 1. The molecule has 3 aromatic rings. The number of aromatic nitrogens is 1. The molecule has 2 aliphatic rings. The number of carbonyl (C=O) groups excluding carboxylic acids is 1. The average molecular weight is 397 g/mol. The van der Waals surface area contributed by atoms with Crippen LogP contribution < -0.4 is 11.1 Å². The lowest BCUT2D eigenvalue weighted by Gasteiger charge is -2.16. The van der Waals surface area contributed by atoms with Crippen LogP contribution in [0.25, 0.3) is 5.57 Å². The lowest BCUT2D eigenvalue weighted by Crippen LogP contribution is -2.24. The summed E-state index contributed by atoms with van der Waals surface area (Å²) in [6, 6.07) is 18.0. The number of nitrogens with two attached hydrogens (primary N) is 1. The van der Waals surface area contributed by atoms with Crippen LogP contribution >= 0.6 is 0 Å². The van der Waals surface area contributed by atoms with E-state index in [-0.39, 0.29) is 18.1 Å². The second-order valence-electron chi connectivity index (χ2n) is 7.88. The number of ether oxygens (including phenoxy) is 1. The maximum absolute atomic E-state index is 12.8. The molecule has 150 valence electrons. The number of hydrogen-bond donors (Lipinski definition) is 2. The quantitative estimate of drug-likeness (QED) is 0.683. The first-order valence-corrected chi connectivity index (χ1v) is 10.1. The molecule has 5 rings (SSSR count).